The van der Waals surface area contributed by atoms with Gasteiger partial charge in [-0.2, -0.15) is 0 Å². The molecule has 0 spiro atoms. The van der Waals surface area contributed by atoms with Gasteiger partial charge in [-0.3, -0.25) is 19.2 Å². The fourth-order valence-electron chi connectivity index (χ4n) is 9.18. The lowest BCUT2D eigenvalue weighted by molar-refractivity contribution is -0.153. The lowest BCUT2D eigenvalue weighted by atomic mass is 10.0. The first-order valence-electron chi connectivity index (χ1n) is 29.7. The molecule has 20 nitrogen and oxygen atoms in total. The number of hydrogen-bond donors (Lipinski definition) is 5. The van der Waals surface area contributed by atoms with E-state index >= 15 is 0 Å². The van der Waals surface area contributed by atoms with Crippen molar-refractivity contribution in [2.45, 2.75) is 161 Å². The van der Waals surface area contributed by atoms with Gasteiger partial charge in [0.05, 0.1) is 6.61 Å². The van der Waals surface area contributed by atoms with E-state index in [0.717, 1.165) is 5.56 Å². The van der Waals surface area contributed by atoms with Crippen LogP contribution in [-0.4, -0.2) is 140 Å². The number of benzene rings is 4. The minimum atomic E-state index is -1.37. The molecule has 1 unspecified atom stereocenters. The van der Waals surface area contributed by atoms with E-state index in [2.05, 4.69) is 21.3 Å². The van der Waals surface area contributed by atoms with Gasteiger partial charge in [-0.1, -0.05) is 52.0 Å². The fourth-order valence-corrected chi connectivity index (χ4v) is 11.5. The number of carbonyl (C=O) groups is 8. The molecule has 0 radical (unpaired) electrons. The summed E-state index contributed by atoms with van der Waals surface area (Å²) in [4.78, 5) is 104. The molecule has 4 aromatic rings. The van der Waals surface area contributed by atoms with E-state index in [-0.39, 0.29) is 81.4 Å². The fraction of sp³-hybridized carbons (Fsp3) is 0.500. The average molecular weight is 1340 g/mol. The van der Waals surface area contributed by atoms with E-state index < -0.39 is 129 Å². The third kappa shape index (κ3) is 23.7. The Morgan fingerprint density at radius 1 is 0.554 bits per heavy atom. The van der Waals surface area contributed by atoms with Crippen molar-refractivity contribution in [1.29, 1.82) is 0 Å². The Hall–Kier alpha value is -7.88. The molecule has 0 aliphatic carbocycles. The molecule has 2 saturated heterocycles. The van der Waals surface area contributed by atoms with Crippen molar-refractivity contribution < 1.29 is 93.5 Å². The smallest absolute Gasteiger partial charge is 0.407 e. The summed E-state index contributed by atoms with van der Waals surface area (Å²) in [7, 11) is 0. The normalized spacial score (nSPS) is 16.1. The first-order chi connectivity index (χ1) is 43.1. The van der Waals surface area contributed by atoms with E-state index in [1.165, 1.54) is 33.3 Å². The van der Waals surface area contributed by atoms with Crippen LogP contribution in [0.5, 0.6) is 11.5 Å². The predicted octanol–water partition coefficient (Wildman–Crippen LogP) is 9.75. The Morgan fingerprint density at radius 3 is 1.25 bits per heavy atom. The number of halogens is 6. The second-order valence-corrected chi connectivity index (χ2v) is 26.6. The van der Waals surface area contributed by atoms with Crippen LogP contribution in [-0.2, 0) is 68.9 Å². The number of alkyl carbamates (subject to hydrolysis) is 2. The van der Waals surface area contributed by atoms with Gasteiger partial charge in [-0.05, 0) is 120 Å². The van der Waals surface area contributed by atoms with Gasteiger partial charge < -0.3 is 59.9 Å². The molecule has 0 bridgehead atoms. The highest BCUT2D eigenvalue weighted by atomic mass is 32.2. The quantitative estimate of drug-likeness (QED) is 0.0179. The molecule has 6 amide bonds. The molecule has 504 valence electrons. The Kier molecular flexibility index (Phi) is 27.8. The van der Waals surface area contributed by atoms with Crippen molar-refractivity contribution in [2.75, 3.05) is 31.2 Å². The number of amides is 6. The zero-order valence-electron chi connectivity index (χ0n) is 53.1. The highest BCUT2D eigenvalue weighted by Gasteiger charge is 2.38. The van der Waals surface area contributed by atoms with Crippen LogP contribution in [0.1, 0.15) is 111 Å². The highest BCUT2D eigenvalue weighted by molar-refractivity contribution is 8.01. The number of carbonyl (C=O) groups excluding carboxylic acids is 7. The summed E-state index contributed by atoms with van der Waals surface area (Å²) < 4.78 is 111. The first-order valence-corrected chi connectivity index (χ1v) is 31.8. The van der Waals surface area contributed by atoms with E-state index in [4.69, 9.17) is 23.7 Å². The first kappa shape index (κ1) is 74.8. The molecule has 0 saturated carbocycles. The number of esters is 1. The summed E-state index contributed by atoms with van der Waals surface area (Å²) in [6, 6.07) is 13.5. The molecule has 5 N–H and O–H groups in total. The predicted molar refractivity (Wildman–Crippen MR) is 331 cm³/mol. The maximum absolute atomic E-state index is 14.5. The molecule has 2 aliphatic heterocycles. The van der Waals surface area contributed by atoms with Crippen LogP contribution in [0.2, 0.25) is 0 Å². The van der Waals surface area contributed by atoms with Gasteiger partial charge in [0.15, 0.2) is 46.2 Å². The highest BCUT2D eigenvalue weighted by Crippen LogP contribution is 2.29. The zero-order chi connectivity index (χ0) is 68.4. The number of carboxylic acids is 1. The minimum Gasteiger partial charge on any atom is -0.478 e. The second kappa shape index (κ2) is 34.1. The monoisotopic (exact) mass is 1330 g/mol. The van der Waals surface area contributed by atoms with Gasteiger partial charge in [0.25, 0.3) is 11.8 Å². The van der Waals surface area contributed by atoms with Crippen molar-refractivity contribution in [3.63, 3.8) is 0 Å². The Bertz CT molecular complexity index is 3230. The van der Waals surface area contributed by atoms with E-state index in [0.29, 0.717) is 52.8 Å². The molecule has 92 heavy (non-hydrogen) atoms. The summed E-state index contributed by atoms with van der Waals surface area (Å²) in [5.74, 6) is -9.27. The van der Waals surface area contributed by atoms with E-state index in [1.807, 2.05) is 13.8 Å². The van der Waals surface area contributed by atoms with Crippen LogP contribution in [0.25, 0.3) is 0 Å². The standard InChI is InChI=1S/C33H42F3N3O7S.C31H38F3N3O7S/c1-7-44-31(42)28(19(2)3)45-23-10-8-20(9-11-23)18-37-29(41)30-39(12-13-47-30)27(40)16-22(38-32(43)46-33(4,5)6)14-21-15-25(35)26(36)17-24(21)34;1-17(2)26(29(40)41)43-21-8-6-18(7-9-21)16-35-27(39)28-37(10-11-45-28)25(38)14-20(36-30(42)44-31(3,4)5)12-19-13-23(33)24(34)15-22(19)32/h8-11,15,17,19,22,28,30H,7,12-14,16,18H2,1-6H3,(H,37,41)(H,38,43);6-9,13,15,17,20,26,28H,10-12,14,16H2,1-5H3,(H,35,39)(H,36,42)(H,40,41)/t22-,28?,30-;20-,26-,28-/m11/s1. The van der Waals surface area contributed by atoms with Gasteiger partial charge in [0.2, 0.25) is 11.8 Å². The summed E-state index contributed by atoms with van der Waals surface area (Å²) in [6.45, 7) is 19.8. The Morgan fingerprint density at radius 2 is 0.913 bits per heavy atom. The number of ether oxygens (including phenoxy) is 5. The van der Waals surface area contributed by atoms with Crippen LogP contribution in [0.15, 0.2) is 72.8 Å². The zero-order valence-corrected chi connectivity index (χ0v) is 54.7. The van der Waals surface area contributed by atoms with Crippen molar-refractivity contribution >= 4 is 71.3 Å². The largest absolute Gasteiger partial charge is 0.478 e. The number of nitrogens with zero attached hydrogens (tertiary/aromatic N) is 2. The number of hydrogen-bond acceptors (Lipinski definition) is 15. The number of rotatable bonds is 25. The van der Waals surface area contributed by atoms with Crippen LogP contribution >= 0.6 is 23.5 Å². The molecule has 2 aliphatic rings. The topological polar surface area (TPSA) is 258 Å². The summed E-state index contributed by atoms with van der Waals surface area (Å²) in [5, 5.41) is 18.3. The van der Waals surface area contributed by atoms with Crippen molar-refractivity contribution in [2.24, 2.45) is 11.8 Å². The van der Waals surface area contributed by atoms with Crippen LogP contribution < -0.4 is 30.7 Å². The van der Waals surface area contributed by atoms with Crippen molar-refractivity contribution in [3.8, 4) is 11.5 Å². The molecular formula is C64H80F6N6O14S2. The Labute approximate surface area is 539 Å². The molecule has 2 heterocycles. The molecule has 6 atom stereocenters. The lowest BCUT2D eigenvalue weighted by Crippen LogP contribution is -2.48. The number of thioether (sulfide) groups is 2. The van der Waals surface area contributed by atoms with Gasteiger partial charge in [-0.25, -0.2) is 45.5 Å². The lowest BCUT2D eigenvalue weighted by Gasteiger charge is -2.27. The van der Waals surface area contributed by atoms with Gasteiger partial charge in [-0.15, -0.1) is 23.5 Å². The molecule has 4 aromatic carbocycles. The number of carboxylic acid groups (broad SMARTS) is 1. The van der Waals surface area contributed by atoms with E-state index in [1.54, 1.807) is 111 Å². The summed E-state index contributed by atoms with van der Waals surface area (Å²) in [6.07, 6.45) is -4.91. The maximum Gasteiger partial charge on any atom is 0.407 e. The summed E-state index contributed by atoms with van der Waals surface area (Å²) in [5.41, 5.74) is -0.759. The van der Waals surface area contributed by atoms with Gasteiger partial charge in [0.1, 0.15) is 34.3 Å². The third-order valence-electron chi connectivity index (χ3n) is 13.5. The molecule has 0 aromatic heterocycles. The number of aliphatic carboxylic acids is 1. The van der Waals surface area contributed by atoms with Crippen LogP contribution in [0.3, 0.4) is 0 Å². The molecule has 6 rings (SSSR count). The minimum absolute atomic E-state index is 0.113. The number of nitrogens with one attached hydrogen (secondary N) is 4. The molecular weight excluding hydrogens is 1250 g/mol. The SMILES string of the molecule is CC(C)[C@@H](Oc1ccc(CNC(=O)[C@H]2SCCN2C(=O)C[C@@H](Cc2cc(F)c(F)cc2F)NC(=O)OC(C)(C)C)cc1)C(=O)O.CCOC(=O)C(Oc1ccc(CNC(=O)[C@H]2SCCN2C(=O)C[C@@H](Cc2cc(F)c(F)cc2F)NC(=O)OC(C)(C)C)cc1)C(C)C. The van der Waals surface area contributed by atoms with Gasteiger partial charge in [0, 0.05) is 86.6 Å². The van der Waals surface area contributed by atoms with Crippen molar-refractivity contribution in [1.82, 2.24) is 31.1 Å². The molecule has 28 heteroatoms. The van der Waals surface area contributed by atoms with E-state index in [9.17, 15) is 69.8 Å². The Balaban J connectivity index is 0.000000334. The van der Waals surface area contributed by atoms with Crippen LogP contribution in [0, 0.1) is 46.7 Å². The average Bonchev–Trinajstić information content (AvgIpc) is 1.54. The third-order valence-corrected chi connectivity index (χ3v) is 16.0. The van der Waals surface area contributed by atoms with Gasteiger partial charge >= 0.3 is 24.1 Å². The maximum atomic E-state index is 14.5. The second-order valence-electron chi connectivity index (χ2n) is 24.2. The van der Waals surface area contributed by atoms with Crippen LogP contribution in [0.4, 0.5) is 35.9 Å². The molecule has 2 fully saturated rings. The van der Waals surface area contributed by atoms with Crippen molar-refractivity contribution in [3.05, 3.63) is 130 Å². The summed E-state index contributed by atoms with van der Waals surface area (Å²) >= 11 is 2.52.